The summed E-state index contributed by atoms with van der Waals surface area (Å²) >= 11 is 1.49. The van der Waals surface area contributed by atoms with Crippen LogP contribution in [0.4, 0.5) is 13.9 Å². The van der Waals surface area contributed by atoms with E-state index in [1.54, 1.807) is 6.07 Å². The summed E-state index contributed by atoms with van der Waals surface area (Å²) < 4.78 is 46.5. The molecule has 8 nitrogen and oxygen atoms in total. The van der Waals surface area contributed by atoms with Crippen LogP contribution in [0.25, 0.3) is 21.5 Å². The van der Waals surface area contributed by atoms with Crippen LogP contribution in [0, 0.1) is 11.6 Å². The Morgan fingerprint density at radius 3 is 2.60 bits per heavy atom. The van der Waals surface area contributed by atoms with Crippen molar-refractivity contribution < 1.29 is 32.7 Å². The third kappa shape index (κ3) is 4.41. The van der Waals surface area contributed by atoms with Crippen LogP contribution in [0.15, 0.2) is 34.9 Å². The minimum Gasteiger partial charge on any atom is -0.494 e. The summed E-state index contributed by atoms with van der Waals surface area (Å²) in [7, 11) is 1.52. The molecule has 208 valence electrons. The van der Waals surface area contributed by atoms with Gasteiger partial charge in [-0.15, -0.1) is 0 Å². The zero-order valence-electron chi connectivity index (χ0n) is 21.7. The van der Waals surface area contributed by atoms with Crippen molar-refractivity contribution in [1.82, 2.24) is 10.1 Å². The molecule has 1 N–H and O–H groups in total. The fourth-order valence-corrected chi connectivity index (χ4v) is 7.34. The molecule has 3 aliphatic rings. The molecule has 0 amide bonds. The highest BCUT2D eigenvalue weighted by molar-refractivity contribution is 7.22. The van der Waals surface area contributed by atoms with Crippen LogP contribution >= 0.6 is 11.3 Å². The average molecular weight is 568 g/mol. The number of fused-ring (bicyclic) bond motifs is 3. The number of hydrogen-bond acceptors (Lipinski definition) is 8. The van der Waals surface area contributed by atoms with Crippen molar-refractivity contribution in [2.45, 2.75) is 69.2 Å². The van der Waals surface area contributed by atoms with Gasteiger partial charge in [0.05, 0.1) is 30.1 Å². The topological polar surface area (TPSA) is 97.9 Å². The van der Waals surface area contributed by atoms with E-state index in [-0.39, 0.29) is 41.8 Å². The zero-order valence-corrected chi connectivity index (χ0v) is 22.5. The van der Waals surface area contributed by atoms with Gasteiger partial charge in [-0.2, -0.15) is 0 Å². The van der Waals surface area contributed by atoms with E-state index < -0.39 is 17.6 Å². The lowest BCUT2D eigenvalue weighted by Crippen LogP contribution is -2.45. The molecule has 2 bridgehead atoms. The van der Waals surface area contributed by atoms with Crippen LogP contribution < -0.4 is 9.64 Å². The number of rotatable bonds is 8. The second kappa shape index (κ2) is 9.81. The molecule has 0 spiro atoms. The number of carboxylic acid groups (broad SMARTS) is 1. The minimum atomic E-state index is -1.00. The molecule has 0 radical (unpaired) electrons. The summed E-state index contributed by atoms with van der Waals surface area (Å²) in [5.41, 5.74) is 2.18. The molecule has 2 aliphatic heterocycles. The van der Waals surface area contributed by atoms with Crippen molar-refractivity contribution in [3.05, 3.63) is 58.9 Å². The number of carbonyl (C=O) groups is 1. The normalized spacial score (nSPS) is 22.3. The molecule has 1 saturated carbocycles. The maximum Gasteiger partial charge on any atom is 0.335 e. The Morgan fingerprint density at radius 1 is 1.15 bits per heavy atom. The predicted molar refractivity (Wildman–Crippen MR) is 144 cm³/mol. The van der Waals surface area contributed by atoms with Gasteiger partial charge in [0.2, 0.25) is 0 Å². The van der Waals surface area contributed by atoms with Crippen LogP contribution in [0.3, 0.4) is 0 Å². The fourth-order valence-electron chi connectivity index (χ4n) is 6.17. The molecule has 3 fully saturated rings. The van der Waals surface area contributed by atoms with Gasteiger partial charge in [-0.3, -0.25) is 0 Å². The number of aromatic carboxylic acids is 1. The van der Waals surface area contributed by atoms with E-state index in [1.165, 1.54) is 36.6 Å². The molecule has 2 saturated heterocycles. The van der Waals surface area contributed by atoms with Crippen LogP contribution in [0.5, 0.6) is 5.75 Å². The zero-order chi connectivity index (χ0) is 27.5. The number of ether oxygens (including phenoxy) is 2. The molecular weight excluding hydrogens is 540 g/mol. The molecule has 4 aromatic rings. The van der Waals surface area contributed by atoms with Crippen molar-refractivity contribution in [3.8, 4) is 17.0 Å². The third-order valence-electron chi connectivity index (χ3n) is 8.24. The lowest BCUT2D eigenvalue weighted by atomic mass is 10.00. The van der Waals surface area contributed by atoms with Crippen molar-refractivity contribution in [3.63, 3.8) is 0 Å². The van der Waals surface area contributed by atoms with Gasteiger partial charge in [0.25, 0.3) is 0 Å². The van der Waals surface area contributed by atoms with Gasteiger partial charge in [0.1, 0.15) is 34.4 Å². The second-order valence-electron chi connectivity index (χ2n) is 10.8. The van der Waals surface area contributed by atoms with Gasteiger partial charge >= 0.3 is 5.97 Å². The highest BCUT2D eigenvalue weighted by atomic mass is 32.1. The SMILES string of the molecule is COc1cc(C(=O)O)cc2sc(N3C4CC[C@H]3CC(OCc3c(-c5ccc(F)cc5F)noc3C3CC3)C4)nc12. The number of benzene rings is 2. The number of carboxylic acids is 1. The first-order valence-corrected chi connectivity index (χ1v) is 14.3. The minimum absolute atomic E-state index is 0.00384. The number of halogens is 2. The van der Waals surface area contributed by atoms with Gasteiger partial charge in [0.15, 0.2) is 5.13 Å². The molecule has 2 unspecified atom stereocenters. The van der Waals surface area contributed by atoms with Gasteiger partial charge in [-0.1, -0.05) is 16.5 Å². The fraction of sp³-hybridized carbons (Fsp3) is 0.414. The molecule has 7 rings (SSSR count). The molecule has 40 heavy (non-hydrogen) atoms. The summed E-state index contributed by atoms with van der Waals surface area (Å²) in [4.78, 5) is 18.8. The second-order valence-corrected chi connectivity index (χ2v) is 11.8. The number of anilines is 1. The third-order valence-corrected chi connectivity index (χ3v) is 9.26. The highest BCUT2D eigenvalue weighted by Crippen LogP contribution is 2.46. The van der Waals surface area contributed by atoms with E-state index in [1.807, 2.05) is 0 Å². The summed E-state index contributed by atoms with van der Waals surface area (Å²) in [5, 5.41) is 14.5. The Kier molecular flexibility index (Phi) is 6.23. The average Bonchev–Trinajstić information content (AvgIpc) is 3.45. The molecule has 1 aliphatic carbocycles. The largest absolute Gasteiger partial charge is 0.494 e. The standard InChI is InChI=1S/C29H27F2N3O5S/c1-37-23-8-15(28(35)36)9-24-26(23)32-29(40-24)34-17-5-6-18(34)12-19(11-17)38-13-21-25(33-39-27(21)14-2-3-14)20-7-4-16(30)10-22(20)31/h4,7-10,14,17-19H,2-3,5-6,11-13H2,1H3,(H,35,36)/t17-,18?,19?/m0/s1. The Hall–Kier alpha value is -3.57. The van der Waals surface area contributed by atoms with E-state index in [4.69, 9.17) is 19.0 Å². The number of thiazole rings is 1. The Labute approximate surface area is 232 Å². The van der Waals surface area contributed by atoms with E-state index in [0.717, 1.165) is 65.7 Å². The summed E-state index contributed by atoms with van der Waals surface area (Å²) in [6, 6.07) is 7.13. The summed E-state index contributed by atoms with van der Waals surface area (Å²) in [6.45, 7) is 0.252. The Balaban J connectivity index is 1.11. The van der Waals surface area contributed by atoms with Crippen LogP contribution in [0.1, 0.15) is 66.1 Å². The van der Waals surface area contributed by atoms with Crippen LogP contribution in [0.2, 0.25) is 0 Å². The monoisotopic (exact) mass is 567 g/mol. The van der Waals surface area contributed by atoms with Crippen molar-refractivity contribution >= 4 is 32.7 Å². The number of hydrogen-bond donors (Lipinski definition) is 1. The number of methoxy groups -OCH3 is 1. The number of piperidine rings is 1. The first-order valence-electron chi connectivity index (χ1n) is 13.4. The summed E-state index contributed by atoms with van der Waals surface area (Å²) in [6.07, 6.45) is 5.66. The number of nitrogens with zero attached hydrogens (tertiary/aromatic N) is 3. The smallest absolute Gasteiger partial charge is 0.335 e. The predicted octanol–water partition coefficient (Wildman–Crippen LogP) is 6.53. The van der Waals surface area contributed by atoms with E-state index in [2.05, 4.69) is 10.1 Å². The molecule has 3 atom stereocenters. The molecular formula is C29H27F2N3O5S. The van der Waals surface area contributed by atoms with Crippen molar-refractivity contribution in [1.29, 1.82) is 0 Å². The molecule has 2 aromatic carbocycles. The summed E-state index contributed by atoms with van der Waals surface area (Å²) in [5.74, 6) is -0.859. The molecule has 4 heterocycles. The van der Waals surface area contributed by atoms with E-state index in [9.17, 15) is 18.7 Å². The van der Waals surface area contributed by atoms with Gasteiger partial charge < -0.3 is 24.0 Å². The van der Waals surface area contributed by atoms with Crippen molar-refractivity contribution in [2.24, 2.45) is 0 Å². The lowest BCUT2D eigenvalue weighted by Gasteiger charge is -2.38. The lowest BCUT2D eigenvalue weighted by molar-refractivity contribution is 0.0147. The first kappa shape index (κ1) is 25.4. The highest BCUT2D eigenvalue weighted by Gasteiger charge is 2.43. The molecule has 2 aromatic heterocycles. The van der Waals surface area contributed by atoms with Crippen molar-refractivity contribution in [2.75, 3.05) is 12.0 Å². The van der Waals surface area contributed by atoms with Gasteiger partial charge in [0, 0.05) is 35.2 Å². The van der Waals surface area contributed by atoms with Crippen LogP contribution in [-0.4, -0.2) is 46.5 Å². The quantitative estimate of drug-likeness (QED) is 0.257. The first-order chi connectivity index (χ1) is 19.4. The van der Waals surface area contributed by atoms with E-state index >= 15 is 0 Å². The number of aromatic nitrogens is 2. The van der Waals surface area contributed by atoms with Crippen LogP contribution in [-0.2, 0) is 11.3 Å². The molecule has 11 heteroatoms. The Morgan fingerprint density at radius 2 is 1.93 bits per heavy atom. The van der Waals surface area contributed by atoms with Gasteiger partial charge in [-0.05, 0) is 62.8 Å². The Bertz CT molecular complexity index is 1600. The van der Waals surface area contributed by atoms with Gasteiger partial charge in [-0.25, -0.2) is 18.6 Å². The maximum absolute atomic E-state index is 14.6. The maximum atomic E-state index is 14.6. The van der Waals surface area contributed by atoms with E-state index in [0.29, 0.717) is 17.0 Å².